The highest BCUT2D eigenvalue weighted by atomic mass is 19.1. The summed E-state index contributed by atoms with van der Waals surface area (Å²) in [5.41, 5.74) is 3.00. The Morgan fingerprint density at radius 1 is 1.21 bits per heavy atom. The van der Waals surface area contributed by atoms with E-state index in [1.807, 2.05) is 6.07 Å². The van der Waals surface area contributed by atoms with Crippen molar-refractivity contribution in [3.63, 3.8) is 0 Å². The van der Waals surface area contributed by atoms with Gasteiger partial charge in [-0.2, -0.15) is 0 Å². The van der Waals surface area contributed by atoms with Crippen LogP contribution in [-0.2, 0) is 13.0 Å². The van der Waals surface area contributed by atoms with E-state index in [2.05, 4.69) is 30.4 Å². The molecule has 1 saturated carbocycles. The van der Waals surface area contributed by atoms with Crippen molar-refractivity contribution < 1.29 is 9.18 Å². The Labute approximate surface area is 142 Å². The summed E-state index contributed by atoms with van der Waals surface area (Å²) < 4.78 is 13.8. The van der Waals surface area contributed by atoms with Gasteiger partial charge in [0.1, 0.15) is 5.82 Å². The molecule has 0 spiro atoms. The number of carbonyl (C=O) groups is 1. The van der Waals surface area contributed by atoms with Crippen LogP contribution in [0, 0.1) is 12.7 Å². The minimum Gasteiger partial charge on any atom is -0.338 e. The molecular weight excluding hydrogens is 303 g/mol. The van der Waals surface area contributed by atoms with Crippen LogP contribution in [0.2, 0.25) is 0 Å². The second-order valence-electron chi connectivity index (χ2n) is 6.42. The van der Waals surface area contributed by atoms with Gasteiger partial charge >= 0.3 is 6.03 Å². The quantitative estimate of drug-likeness (QED) is 0.853. The van der Waals surface area contributed by atoms with E-state index in [1.54, 1.807) is 23.1 Å². The third kappa shape index (κ3) is 4.34. The molecule has 2 aromatic carbocycles. The first-order valence-electron chi connectivity index (χ1n) is 8.47. The number of aryl methyl sites for hydroxylation is 1. The number of amides is 2. The fraction of sp³-hybridized carbons (Fsp3) is 0.350. The molecule has 0 heterocycles. The van der Waals surface area contributed by atoms with Crippen LogP contribution in [0.15, 0.2) is 48.5 Å². The zero-order chi connectivity index (χ0) is 16.9. The van der Waals surface area contributed by atoms with Gasteiger partial charge in [-0.1, -0.05) is 48.0 Å². The van der Waals surface area contributed by atoms with Gasteiger partial charge in [-0.05, 0) is 37.8 Å². The number of urea groups is 1. The number of halogens is 1. The molecule has 0 radical (unpaired) electrons. The first-order chi connectivity index (χ1) is 11.6. The molecule has 1 aliphatic carbocycles. The van der Waals surface area contributed by atoms with Gasteiger partial charge in [0.25, 0.3) is 0 Å². The first kappa shape index (κ1) is 16.5. The molecule has 1 aliphatic rings. The highest BCUT2D eigenvalue weighted by Crippen LogP contribution is 2.28. The lowest BCUT2D eigenvalue weighted by Crippen LogP contribution is -2.41. The highest BCUT2D eigenvalue weighted by Gasteiger charge is 2.32. The Hall–Kier alpha value is -2.36. The summed E-state index contributed by atoms with van der Waals surface area (Å²) in [5.74, 6) is -0.254. The summed E-state index contributed by atoms with van der Waals surface area (Å²) in [6.07, 6.45) is 2.80. The maximum absolute atomic E-state index is 13.8. The van der Waals surface area contributed by atoms with Crippen LogP contribution in [0.3, 0.4) is 0 Å². The highest BCUT2D eigenvalue weighted by molar-refractivity contribution is 5.75. The molecule has 0 unspecified atom stereocenters. The number of nitrogens with one attached hydrogen (secondary N) is 1. The second-order valence-corrected chi connectivity index (χ2v) is 6.42. The summed E-state index contributed by atoms with van der Waals surface area (Å²) >= 11 is 0. The number of carbonyl (C=O) groups excluding carboxylic acids is 1. The maximum Gasteiger partial charge on any atom is 0.317 e. The topological polar surface area (TPSA) is 32.3 Å². The second kappa shape index (κ2) is 7.47. The van der Waals surface area contributed by atoms with E-state index in [0.29, 0.717) is 18.7 Å². The van der Waals surface area contributed by atoms with Crippen LogP contribution in [0.1, 0.15) is 29.5 Å². The number of nitrogens with zero attached hydrogens (tertiary/aromatic N) is 1. The number of hydrogen-bond acceptors (Lipinski definition) is 1. The summed E-state index contributed by atoms with van der Waals surface area (Å²) in [6.45, 7) is 2.97. The van der Waals surface area contributed by atoms with Gasteiger partial charge in [-0.3, -0.25) is 0 Å². The molecule has 3 nitrogen and oxygen atoms in total. The fourth-order valence-corrected chi connectivity index (χ4v) is 2.85. The van der Waals surface area contributed by atoms with Crippen molar-refractivity contribution in [2.24, 2.45) is 0 Å². The Balaban J connectivity index is 1.56. The van der Waals surface area contributed by atoms with Crippen molar-refractivity contribution in [1.82, 2.24) is 10.2 Å². The molecule has 1 fully saturated rings. The van der Waals surface area contributed by atoms with Gasteiger partial charge in [0.15, 0.2) is 0 Å². The third-order valence-electron chi connectivity index (χ3n) is 4.32. The Bertz CT molecular complexity index is 712. The van der Waals surface area contributed by atoms with Crippen LogP contribution in [0.25, 0.3) is 0 Å². The maximum atomic E-state index is 13.8. The van der Waals surface area contributed by atoms with Gasteiger partial charge in [-0.15, -0.1) is 0 Å². The molecule has 0 saturated heterocycles. The smallest absolute Gasteiger partial charge is 0.317 e. The van der Waals surface area contributed by atoms with Crippen molar-refractivity contribution in [2.75, 3.05) is 6.54 Å². The van der Waals surface area contributed by atoms with E-state index < -0.39 is 0 Å². The molecule has 0 atom stereocenters. The summed E-state index contributed by atoms with van der Waals surface area (Å²) in [7, 11) is 0. The summed E-state index contributed by atoms with van der Waals surface area (Å²) in [5, 5.41) is 2.98. The van der Waals surface area contributed by atoms with Gasteiger partial charge in [0.05, 0.1) is 6.54 Å². The fourth-order valence-electron chi connectivity index (χ4n) is 2.85. The molecular formula is C20H23FN2O. The van der Waals surface area contributed by atoms with Crippen LogP contribution in [-0.4, -0.2) is 23.5 Å². The molecule has 1 N–H and O–H groups in total. The van der Waals surface area contributed by atoms with Crippen LogP contribution >= 0.6 is 0 Å². The monoisotopic (exact) mass is 326 g/mol. The molecule has 0 bridgehead atoms. The predicted molar refractivity (Wildman–Crippen MR) is 93.2 cm³/mol. The Morgan fingerprint density at radius 3 is 2.71 bits per heavy atom. The molecule has 24 heavy (non-hydrogen) atoms. The van der Waals surface area contributed by atoms with E-state index in [-0.39, 0.29) is 17.9 Å². The van der Waals surface area contributed by atoms with Crippen molar-refractivity contribution in [3.8, 4) is 0 Å². The zero-order valence-corrected chi connectivity index (χ0v) is 14.0. The van der Waals surface area contributed by atoms with Gasteiger partial charge in [0.2, 0.25) is 0 Å². The van der Waals surface area contributed by atoms with E-state index in [0.717, 1.165) is 19.3 Å². The van der Waals surface area contributed by atoms with Gasteiger partial charge in [-0.25, -0.2) is 9.18 Å². The number of rotatable bonds is 6. The van der Waals surface area contributed by atoms with E-state index >= 15 is 0 Å². The Morgan fingerprint density at radius 2 is 2.00 bits per heavy atom. The third-order valence-corrected chi connectivity index (χ3v) is 4.32. The summed E-state index contributed by atoms with van der Waals surface area (Å²) in [4.78, 5) is 14.2. The van der Waals surface area contributed by atoms with Crippen molar-refractivity contribution >= 4 is 6.03 Å². The van der Waals surface area contributed by atoms with E-state index in [9.17, 15) is 9.18 Å². The molecule has 2 aromatic rings. The molecule has 126 valence electrons. The van der Waals surface area contributed by atoms with Crippen LogP contribution in [0.4, 0.5) is 9.18 Å². The number of hydrogen-bond donors (Lipinski definition) is 1. The van der Waals surface area contributed by atoms with E-state index in [1.165, 1.54) is 17.2 Å². The van der Waals surface area contributed by atoms with Crippen LogP contribution < -0.4 is 5.32 Å². The average molecular weight is 326 g/mol. The van der Waals surface area contributed by atoms with E-state index in [4.69, 9.17) is 0 Å². The normalized spacial score (nSPS) is 13.6. The van der Waals surface area contributed by atoms with Crippen molar-refractivity contribution in [1.29, 1.82) is 0 Å². The van der Waals surface area contributed by atoms with Gasteiger partial charge < -0.3 is 10.2 Å². The number of benzene rings is 2. The first-order valence-corrected chi connectivity index (χ1v) is 8.47. The zero-order valence-electron chi connectivity index (χ0n) is 14.0. The lowest BCUT2D eigenvalue weighted by atomic mass is 10.1. The standard InChI is InChI=1S/C20H23FN2O/c1-15-5-4-6-16(13-15)11-12-22-20(24)23(18-9-10-18)14-17-7-2-3-8-19(17)21/h2-8,13,18H,9-12,14H2,1H3,(H,22,24). The van der Waals surface area contributed by atoms with Crippen LogP contribution in [0.5, 0.6) is 0 Å². The minimum absolute atomic E-state index is 0.103. The SMILES string of the molecule is Cc1cccc(CCNC(=O)N(Cc2ccccc2F)C2CC2)c1. The predicted octanol–water partition coefficient (Wildman–Crippen LogP) is 4.05. The van der Waals surface area contributed by atoms with Crippen molar-refractivity contribution in [2.45, 2.75) is 38.8 Å². The lowest BCUT2D eigenvalue weighted by Gasteiger charge is -2.23. The molecule has 4 heteroatoms. The molecule has 3 rings (SSSR count). The van der Waals surface area contributed by atoms with Crippen molar-refractivity contribution in [3.05, 3.63) is 71.0 Å². The van der Waals surface area contributed by atoms with Gasteiger partial charge in [0, 0.05) is 18.2 Å². The molecule has 2 amide bonds. The largest absolute Gasteiger partial charge is 0.338 e. The minimum atomic E-state index is -0.254. The molecule has 0 aromatic heterocycles. The Kier molecular flexibility index (Phi) is 5.14. The average Bonchev–Trinajstić information content (AvgIpc) is 3.39. The lowest BCUT2D eigenvalue weighted by molar-refractivity contribution is 0.191. The molecule has 0 aliphatic heterocycles. The summed E-state index contributed by atoms with van der Waals surface area (Å²) in [6, 6.07) is 15.1.